The van der Waals surface area contributed by atoms with Crippen LogP contribution in [0, 0.1) is 0 Å². The first kappa shape index (κ1) is 28.0. The summed E-state index contributed by atoms with van der Waals surface area (Å²) in [6, 6.07) is 51.1. The van der Waals surface area contributed by atoms with Crippen LogP contribution in [0.5, 0.6) is 11.5 Å². The Balaban J connectivity index is 1.19. The molecule has 0 unspecified atom stereocenters. The molecular formula is C43H34N2O. The van der Waals surface area contributed by atoms with Crippen molar-refractivity contribution >= 4 is 10.9 Å². The van der Waals surface area contributed by atoms with Crippen LogP contribution in [0.3, 0.4) is 0 Å². The molecule has 0 bridgehead atoms. The first-order valence-corrected chi connectivity index (χ1v) is 16.1. The average molecular weight is 595 g/mol. The van der Waals surface area contributed by atoms with Gasteiger partial charge in [0.2, 0.25) is 0 Å². The normalized spacial score (nSPS) is 13.1. The minimum Gasteiger partial charge on any atom is -0.457 e. The van der Waals surface area contributed by atoms with Crippen LogP contribution < -0.4 is 4.74 Å². The Morgan fingerprint density at radius 3 is 1.93 bits per heavy atom. The smallest absolute Gasteiger partial charge is 0.161 e. The lowest BCUT2D eigenvalue weighted by atomic mass is 9.68. The highest BCUT2D eigenvalue weighted by atomic mass is 16.5. The van der Waals surface area contributed by atoms with E-state index >= 15 is 0 Å². The van der Waals surface area contributed by atoms with E-state index < -0.39 is 0 Å². The highest BCUT2D eigenvalue weighted by Crippen LogP contribution is 2.52. The third-order valence-electron chi connectivity index (χ3n) is 9.67. The van der Waals surface area contributed by atoms with Crippen molar-refractivity contribution < 1.29 is 4.74 Å². The van der Waals surface area contributed by atoms with Crippen LogP contribution in [0.4, 0.5) is 0 Å². The predicted molar refractivity (Wildman–Crippen MR) is 189 cm³/mol. The molecule has 7 aromatic rings. The molecule has 0 radical (unpaired) electrons. The quantitative estimate of drug-likeness (QED) is 0.192. The van der Waals surface area contributed by atoms with E-state index in [4.69, 9.17) is 14.7 Å². The molecule has 8 rings (SSSR count). The Morgan fingerprint density at radius 2 is 1.13 bits per heavy atom. The molecule has 0 saturated heterocycles. The Morgan fingerprint density at radius 1 is 0.500 bits per heavy atom. The highest BCUT2D eigenvalue weighted by molar-refractivity contribution is 5.94. The number of hydrogen-bond donors (Lipinski definition) is 0. The van der Waals surface area contributed by atoms with E-state index in [0.717, 1.165) is 69.0 Å². The zero-order valence-corrected chi connectivity index (χ0v) is 26.1. The number of fused-ring (bicyclic) bond motifs is 3. The molecule has 0 fully saturated rings. The van der Waals surface area contributed by atoms with E-state index in [9.17, 15) is 0 Å². The van der Waals surface area contributed by atoms with Crippen LogP contribution in [0.15, 0.2) is 146 Å². The third-order valence-corrected chi connectivity index (χ3v) is 9.67. The van der Waals surface area contributed by atoms with Crippen molar-refractivity contribution in [3.05, 3.63) is 157 Å². The zero-order valence-electron chi connectivity index (χ0n) is 26.1. The van der Waals surface area contributed by atoms with Gasteiger partial charge < -0.3 is 4.74 Å². The summed E-state index contributed by atoms with van der Waals surface area (Å²) in [5.41, 5.74) is 11.1. The molecule has 46 heavy (non-hydrogen) atoms. The van der Waals surface area contributed by atoms with Crippen molar-refractivity contribution in [2.45, 2.75) is 32.1 Å². The minimum atomic E-state index is -0.0719. The fraction of sp³-hybridized carbons (Fsp3) is 0.116. The Kier molecular flexibility index (Phi) is 6.95. The summed E-state index contributed by atoms with van der Waals surface area (Å²) in [6.45, 7) is 4.58. The first-order valence-electron chi connectivity index (χ1n) is 16.1. The van der Waals surface area contributed by atoms with Crippen LogP contribution in [-0.2, 0) is 5.41 Å². The fourth-order valence-electron chi connectivity index (χ4n) is 7.18. The van der Waals surface area contributed by atoms with Gasteiger partial charge in [0.1, 0.15) is 11.5 Å². The highest BCUT2D eigenvalue weighted by Gasteiger charge is 2.39. The van der Waals surface area contributed by atoms with Gasteiger partial charge in [-0.3, -0.25) is 0 Å². The van der Waals surface area contributed by atoms with E-state index in [1.165, 1.54) is 22.3 Å². The van der Waals surface area contributed by atoms with Crippen molar-refractivity contribution in [3.8, 4) is 56.4 Å². The molecule has 0 N–H and O–H groups in total. The van der Waals surface area contributed by atoms with Gasteiger partial charge in [-0.25, -0.2) is 9.97 Å². The molecule has 222 valence electrons. The molecule has 0 atom stereocenters. The summed E-state index contributed by atoms with van der Waals surface area (Å²) in [4.78, 5) is 10.2. The van der Waals surface area contributed by atoms with Crippen molar-refractivity contribution in [1.29, 1.82) is 0 Å². The number of ether oxygens (including phenoxy) is 1. The second-order valence-corrected chi connectivity index (χ2v) is 12.0. The summed E-state index contributed by atoms with van der Waals surface area (Å²) in [6.07, 6.45) is 2.03. The molecule has 1 aliphatic rings. The Labute approximate surface area is 270 Å². The zero-order chi connectivity index (χ0) is 31.1. The van der Waals surface area contributed by atoms with E-state index in [-0.39, 0.29) is 5.41 Å². The maximum atomic E-state index is 6.41. The second kappa shape index (κ2) is 11.4. The lowest BCUT2D eigenvalue weighted by Crippen LogP contribution is -2.30. The molecule has 1 aromatic heterocycles. The topological polar surface area (TPSA) is 35.0 Å². The van der Waals surface area contributed by atoms with E-state index in [1.54, 1.807) is 0 Å². The number of aromatic nitrogens is 2. The first-order chi connectivity index (χ1) is 22.7. The standard InChI is InChI=1S/C43H34N2O/c1-3-43(4-2)36-19-11-13-21-39(36)46-40-27-26-32(28-37(40)43)29-22-24-30(25-23-29)33-16-8-9-17-34(33)42-44-38-20-12-10-18-35(38)41(45-42)31-14-6-5-7-15-31/h5-28H,3-4H2,1-2H3. The van der Waals surface area contributed by atoms with Gasteiger partial charge in [-0.15, -0.1) is 0 Å². The van der Waals surface area contributed by atoms with E-state index in [0.29, 0.717) is 0 Å². The molecule has 0 spiro atoms. The minimum absolute atomic E-state index is 0.0719. The maximum Gasteiger partial charge on any atom is 0.161 e. The predicted octanol–water partition coefficient (Wildman–Crippen LogP) is 11.5. The molecule has 0 amide bonds. The number of nitrogens with zero attached hydrogens (tertiary/aromatic N) is 2. The van der Waals surface area contributed by atoms with Gasteiger partial charge in [0, 0.05) is 33.1 Å². The summed E-state index contributed by atoms with van der Waals surface area (Å²) in [5.74, 6) is 2.66. The largest absolute Gasteiger partial charge is 0.457 e. The van der Waals surface area contributed by atoms with Gasteiger partial charge >= 0.3 is 0 Å². The average Bonchev–Trinajstić information content (AvgIpc) is 3.13. The van der Waals surface area contributed by atoms with Crippen molar-refractivity contribution in [2.24, 2.45) is 0 Å². The number of hydrogen-bond acceptors (Lipinski definition) is 3. The second-order valence-electron chi connectivity index (χ2n) is 12.0. The van der Waals surface area contributed by atoms with Crippen LogP contribution in [0.2, 0.25) is 0 Å². The van der Waals surface area contributed by atoms with Crippen molar-refractivity contribution in [2.75, 3.05) is 0 Å². The van der Waals surface area contributed by atoms with Crippen molar-refractivity contribution in [3.63, 3.8) is 0 Å². The number of para-hydroxylation sites is 2. The summed E-state index contributed by atoms with van der Waals surface area (Å²) in [5, 5.41) is 1.05. The maximum absolute atomic E-state index is 6.41. The molecule has 2 heterocycles. The van der Waals surface area contributed by atoms with Gasteiger partial charge in [0.25, 0.3) is 0 Å². The van der Waals surface area contributed by atoms with Crippen LogP contribution >= 0.6 is 0 Å². The van der Waals surface area contributed by atoms with Gasteiger partial charge in [0.15, 0.2) is 5.82 Å². The Bertz CT molecular complexity index is 2200. The van der Waals surface area contributed by atoms with Gasteiger partial charge in [-0.05, 0) is 59.4 Å². The molecule has 3 heteroatoms. The van der Waals surface area contributed by atoms with E-state index in [1.807, 2.05) is 18.2 Å². The molecule has 0 aliphatic carbocycles. The van der Waals surface area contributed by atoms with Crippen LogP contribution in [-0.4, -0.2) is 9.97 Å². The third kappa shape index (κ3) is 4.59. The molecule has 3 nitrogen and oxygen atoms in total. The lowest BCUT2D eigenvalue weighted by molar-refractivity contribution is 0.375. The molecule has 0 saturated carbocycles. The van der Waals surface area contributed by atoms with Crippen LogP contribution in [0.1, 0.15) is 37.8 Å². The molecular weight excluding hydrogens is 560 g/mol. The Hall–Kier alpha value is -5.54. The van der Waals surface area contributed by atoms with Crippen molar-refractivity contribution in [1.82, 2.24) is 9.97 Å². The SMILES string of the molecule is CCC1(CC)c2ccccc2Oc2ccc(-c3ccc(-c4ccccc4-c4nc(-c5ccccc5)c5ccccc5n4)cc3)cc21. The van der Waals surface area contributed by atoms with Gasteiger partial charge in [-0.2, -0.15) is 0 Å². The monoisotopic (exact) mass is 594 g/mol. The number of benzene rings is 6. The van der Waals surface area contributed by atoms with E-state index in [2.05, 4.69) is 141 Å². The van der Waals surface area contributed by atoms with Gasteiger partial charge in [0.05, 0.1) is 11.2 Å². The lowest BCUT2D eigenvalue weighted by Gasteiger charge is -2.39. The summed E-state index contributed by atoms with van der Waals surface area (Å²) in [7, 11) is 0. The summed E-state index contributed by atoms with van der Waals surface area (Å²) < 4.78 is 6.41. The number of rotatable bonds is 6. The summed E-state index contributed by atoms with van der Waals surface area (Å²) >= 11 is 0. The van der Waals surface area contributed by atoms with Crippen LogP contribution in [0.25, 0.3) is 55.8 Å². The molecule has 6 aromatic carbocycles. The van der Waals surface area contributed by atoms with Gasteiger partial charge in [-0.1, -0.05) is 135 Å². The molecule has 1 aliphatic heterocycles. The fourth-order valence-corrected chi connectivity index (χ4v) is 7.18.